The van der Waals surface area contributed by atoms with E-state index in [1.165, 1.54) is 16.8 Å². The van der Waals surface area contributed by atoms with Gasteiger partial charge in [-0.1, -0.05) is 0 Å². The maximum absolute atomic E-state index is 5.66. The van der Waals surface area contributed by atoms with Gasteiger partial charge in [-0.25, -0.2) is 0 Å². The highest BCUT2D eigenvalue weighted by molar-refractivity contribution is 7.08. The molecule has 0 aromatic carbocycles. The fourth-order valence-electron chi connectivity index (χ4n) is 2.05. The summed E-state index contributed by atoms with van der Waals surface area (Å²) < 4.78 is 1.92. The lowest BCUT2D eigenvalue weighted by atomic mass is 10.0. The summed E-state index contributed by atoms with van der Waals surface area (Å²) in [5.41, 5.74) is 7.69. The highest BCUT2D eigenvalue weighted by Gasteiger charge is 2.15. The average molecular weight is 250 g/mol. The van der Waals surface area contributed by atoms with Crippen LogP contribution in [0.3, 0.4) is 0 Å². The molecule has 0 aliphatic rings. The van der Waals surface area contributed by atoms with E-state index in [1.54, 1.807) is 11.3 Å². The molecule has 0 radical (unpaired) electrons. The number of nitrogens with one attached hydrogen (secondary N) is 1. The Labute approximate surface area is 105 Å². The van der Waals surface area contributed by atoms with Gasteiger partial charge in [0.1, 0.15) is 0 Å². The zero-order valence-corrected chi connectivity index (χ0v) is 11.2. The van der Waals surface area contributed by atoms with Gasteiger partial charge in [0.05, 0.1) is 11.7 Å². The number of nitrogens with zero attached hydrogens (tertiary/aromatic N) is 2. The van der Waals surface area contributed by atoms with Crippen molar-refractivity contribution in [3.63, 3.8) is 0 Å². The maximum atomic E-state index is 5.66. The minimum Gasteiger partial charge on any atom is -0.272 e. The number of thiophene rings is 1. The Bertz CT molecular complexity index is 500. The molecular formula is C12H18N4S. The van der Waals surface area contributed by atoms with Crippen LogP contribution in [-0.2, 0) is 13.5 Å². The third kappa shape index (κ3) is 2.57. The third-order valence-corrected chi connectivity index (χ3v) is 3.86. The Morgan fingerprint density at radius 3 is 2.71 bits per heavy atom. The highest BCUT2D eigenvalue weighted by atomic mass is 32.1. The van der Waals surface area contributed by atoms with Gasteiger partial charge in [0, 0.05) is 19.2 Å². The average Bonchev–Trinajstić information content (AvgIpc) is 2.82. The maximum Gasteiger partial charge on any atom is 0.0596 e. The summed E-state index contributed by atoms with van der Waals surface area (Å²) in [7, 11) is 1.97. The number of hydrogen-bond donors (Lipinski definition) is 2. The molecule has 0 bridgehead atoms. The second-order valence-corrected chi connectivity index (χ2v) is 5.08. The quantitative estimate of drug-likeness (QED) is 0.643. The molecule has 92 valence electrons. The third-order valence-electron chi connectivity index (χ3n) is 2.98. The zero-order chi connectivity index (χ0) is 12.4. The lowest BCUT2D eigenvalue weighted by molar-refractivity contribution is 0.529. The van der Waals surface area contributed by atoms with Crippen molar-refractivity contribution in [1.82, 2.24) is 15.2 Å². The van der Waals surface area contributed by atoms with E-state index in [4.69, 9.17) is 5.84 Å². The van der Waals surface area contributed by atoms with E-state index in [2.05, 4.69) is 34.3 Å². The number of nitrogens with two attached hydrogens (primary N) is 1. The van der Waals surface area contributed by atoms with Gasteiger partial charge in [0.15, 0.2) is 0 Å². The van der Waals surface area contributed by atoms with Crippen LogP contribution in [-0.4, -0.2) is 9.78 Å². The van der Waals surface area contributed by atoms with Crippen LogP contribution in [0.4, 0.5) is 0 Å². The van der Waals surface area contributed by atoms with Crippen LogP contribution in [0, 0.1) is 13.8 Å². The summed E-state index contributed by atoms with van der Waals surface area (Å²) in [5.74, 6) is 5.66. The summed E-state index contributed by atoms with van der Waals surface area (Å²) in [6, 6.07) is 2.25. The first kappa shape index (κ1) is 12.3. The molecule has 0 fully saturated rings. The number of aryl methyl sites for hydroxylation is 3. The zero-order valence-electron chi connectivity index (χ0n) is 10.4. The van der Waals surface area contributed by atoms with Crippen LogP contribution in [0.1, 0.15) is 28.6 Å². The van der Waals surface area contributed by atoms with Crippen molar-refractivity contribution in [2.75, 3.05) is 0 Å². The van der Waals surface area contributed by atoms with Gasteiger partial charge in [-0.15, -0.1) is 0 Å². The van der Waals surface area contributed by atoms with Gasteiger partial charge >= 0.3 is 0 Å². The number of hydrogen-bond acceptors (Lipinski definition) is 4. The van der Waals surface area contributed by atoms with Gasteiger partial charge in [-0.2, -0.15) is 16.4 Å². The molecule has 1 atom stereocenters. The molecule has 5 heteroatoms. The molecule has 0 aliphatic carbocycles. The van der Waals surface area contributed by atoms with Crippen LogP contribution >= 0.6 is 11.3 Å². The number of rotatable bonds is 4. The molecule has 2 aromatic rings. The van der Waals surface area contributed by atoms with Crippen LogP contribution in [0.2, 0.25) is 0 Å². The first-order valence-corrected chi connectivity index (χ1v) is 6.54. The molecule has 0 saturated heterocycles. The predicted molar refractivity (Wildman–Crippen MR) is 70.8 cm³/mol. The van der Waals surface area contributed by atoms with Crippen LogP contribution in [0.25, 0.3) is 0 Å². The molecule has 2 rings (SSSR count). The molecule has 0 spiro atoms. The van der Waals surface area contributed by atoms with Gasteiger partial charge in [-0.05, 0) is 41.8 Å². The van der Waals surface area contributed by atoms with Crippen LogP contribution in [0.5, 0.6) is 0 Å². The largest absolute Gasteiger partial charge is 0.272 e. The van der Waals surface area contributed by atoms with E-state index in [1.807, 2.05) is 18.7 Å². The second kappa shape index (κ2) is 5.00. The normalized spacial score (nSPS) is 12.9. The second-order valence-electron chi connectivity index (χ2n) is 4.33. The molecule has 4 nitrogen and oxygen atoms in total. The minimum atomic E-state index is 0.149. The van der Waals surface area contributed by atoms with Gasteiger partial charge in [0.25, 0.3) is 0 Å². The molecular weight excluding hydrogens is 232 g/mol. The lowest BCUT2D eigenvalue weighted by Gasteiger charge is -2.16. The smallest absolute Gasteiger partial charge is 0.0596 e. The first-order chi connectivity index (χ1) is 8.11. The first-order valence-electron chi connectivity index (χ1n) is 5.60. The summed E-state index contributed by atoms with van der Waals surface area (Å²) in [4.78, 5) is 0. The van der Waals surface area contributed by atoms with Crippen molar-refractivity contribution in [3.8, 4) is 0 Å². The van der Waals surface area contributed by atoms with Crippen LogP contribution < -0.4 is 11.3 Å². The molecule has 17 heavy (non-hydrogen) atoms. The van der Waals surface area contributed by atoms with E-state index in [0.29, 0.717) is 0 Å². The van der Waals surface area contributed by atoms with Crippen molar-refractivity contribution >= 4 is 11.3 Å². The Hall–Kier alpha value is -1.17. The molecule has 0 aliphatic heterocycles. The predicted octanol–water partition coefficient (Wildman–Crippen LogP) is 1.85. The van der Waals surface area contributed by atoms with Crippen molar-refractivity contribution in [1.29, 1.82) is 0 Å². The van der Waals surface area contributed by atoms with Gasteiger partial charge in [0.2, 0.25) is 0 Å². The summed E-state index contributed by atoms with van der Waals surface area (Å²) >= 11 is 1.71. The molecule has 0 amide bonds. The van der Waals surface area contributed by atoms with Crippen LogP contribution in [0.15, 0.2) is 16.8 Å². The number of aromatic nitrogens is 2. The molecule has 3 N–H and O–H groups in total. The Kier molecular flexibility index (Phi) is 3.61. The molecule has 1 unspecified atom stereocenters. The lowest BCUT2D eigenvalue weighted by Crippen LogP contribution is -2.30. The fourth-order valence-corrected chi connectivity index (χ4v) is 2.96. The summed E-state index contributed by atoms with van der Waals surface area (Å²) in [6.45, 7) is 4.12. The molecule has 2 aromatic heterocycles. The molecule has 0 saturated carbocycles. The summed E-state index contributed by atoms with van der Waals surface area (Å²) in [6.07, 6.45) is 0.853. The van der Waals surface area contributed by atoms with E-state index < -0.39 is 0 Å². The number of hydrazine groups is 1. The minimum absolute atomic E-state index is 0.149. The standard InChI is InChI=1S/C12H18N4S/c1-8-6-17-7-11(8)12(14-13)5-10-4-9(2)15-16(10)3/h4,6-7,12,14H,5,13H2,1-3H3. The monoisotopic (exact) mass is 250 g/mol. The Morgan fingerprint density at radius 1 is 1.47 bits per heavy atom. The van der Waals surface area contributed by atoms with E-state index >= 15 is 0 Å². The highest BCUT2D eigenvalue weighted by Crippen LogP contribution is 2.24. The van der Waals surface area contributed by atoms with Crippen molar-refractivity contribution in [2.24, 2.45) is 12.9 Å². The summed E-state index contributed by atoms with van der Waals surface area (Å²) in [5, 5.41) is 8.66. The van der Waals surface area contributed by atoms with Gasteiger partial charge in [-0.3, -0.25) is 16.0 Å². The molecule has 2 heterocycles. The SMILES string of the molecule is Cc1cc(CC(NN)c2cscc2C)n(C)n1. The topological polar surface area (TPSA) is 55.9 Å². The Balaban J connectivity index is 2.21. The van der Waals surface area contributed by atoms with Crippen molar-refractivity contribution < 1.29 is 0 Å². The van der Waals surface area contributed by atoms with E-state index in [9.17, 15) is 0 Å². The van der Waals surface area contributed by atoms with E-state index in [0.717, 1.165) is 12.1 Å². The van der Waals surface area contributed by atoms with E-state index in [-0.39, 0.29) is 6.04 Å². The van der Waals surface area contributed by atoms with Crippen molar-refractivity contribution in [3.05, 3.63) is 39.3 Å². The Morgan fingerprint density at radius 2 is 2.24 bits per heavy atom. The van der Waals surface area contributed by atoms with Gasteiger partial charge < -0.3 is 0 Å². The van der Waals surface area contributed by atoms with Crippen molar-refractivity contribution in [2.45, 2.75) is 26.3 Å². The fraction of sp³-hybridized carbons (Fsp3) is 0.417.